The molecular weight excluding hydrogens is 256 g/mol. The van der Waals surface area contributed by atoms with Crippen LogP contribution in [0, 0.1) is 0 Å². The third-order valence-corrected chi connectivity index (χ3v) is 2.81. The van der Waals surface area contributed by atoms with E-state index in [1.807, 2.05) is 0 Å². The summed E-state index contributed by atoms with van der Waals surface area (Å²) in [6, 6.07) is 6.85. The van der Waals surface area contributed by atoms with E-state index in [0.717, 1.165) is 5.56 Å². The van der Waals surface area contributed by atoms with Crippen LogP contribution in [0.15, 0.2) is 24.3 Å². The van der Waals surface area contributed by atoms with Gasteiger partial charge < -0.3 is 14.6 Å². The Hall–Kier alpha value is -1.10. The first kappa shape index (κ1) is 15.0. The van der Waals surface area contributed by atoms with Crippen LogP contribution < -0.4 is 0 Å². The molecule has 0 fully saturated rings. The topological polar surface area (TPSA) is 55.8 Å². The van der Waals surface area contributed by atoms with Gasteiger partial charge in [-0.25, -0.2) is 0 Å². The summed E-state index contributed by atoms with van der Waals surface area (Å²) in [7, 11) is 1.59. The normalized spacial score (nSPS) is 12.3. The molecule has 18 heavy (non-hydrogen) atoms. The second-order valence-electron chi connectivity index (χ2n) is 3.84. The molecule has 0 spiro atoms. The SMILES string of the molecule is COCCOCCC(C(=O)O)c1ccc(Cl)cc1. The van der Waals surface area contributed by atoms with Gasteiger partial charge in [0.25, 0.3) is 0 Å². The lowest BCUT2D eigenvalue weighted by atomic mass is 9.96. The van der Waals surface area contributed by atoms with Crippen molar-refractivity contribution >= 4 is 17.6 Å². The van der Waals surface area contributed by atoms with Crippen molar-refractivity contribution in [1.29, 1.82) is 0 Å². The van der Waals surface area contributed by atoms with E-state index in [4.69, 9.17) is 21.1 Å². The summed E-state index contributed by atoms with van der Waals surface area (Å²) < 4.78 is 10.1. The monoisotopic (exact) mass is 272 g/mol. The third-order valence-electron chi connectivity index (χ3n) is 2.55. The predicted octanol–water partition coefficient (Wildman–Crippen LogP) is 2.56. The Kier molecular flexibility index (Phi) is 6.72. The van der Waals surface area contributed by atoms with Gasteiger partial charge in [0.15, 0.2) is 0 Å². The molecule has 1 aromatic carbocycles. The number of carboxylic acids is 1. The van der Waals surface area contributed by atoms with Gasteiger partial charge in [-0.2, -0.15) is 0 Å². The van der Waals surface area contributed by atoms with Gasteiger partial charge >= 0.3 is 5.97 Å². The third kappa shape index (κ3) is 5.04. The van der Waals surface area contributed by atoms with Crippen molar-refractivity contribution in [3.63, 3.8) is 0 Å². The van der Waals surface area contributed by atoms with E-state index in [1.165, 1.54) is 0 Å². The highest BCUT2D eigenvalue weighted by Crippen LogP contribution is 2.22. The van der Waals surface area contributed by atoms with Gasteiger partial charge in [-0.05, 0) is 24.1 Å². The number of benzene rings is 1. The fraction of sp³-hybridized carbons (Fsp3) is 0.462. The Balaban J connectivity index is 2.50. The molecule has 1 unspecified atom stereocenters. The summed E-state index contributed by atoms with van der Waals surface area (Å²) in [5.41, 5.74) is 0.738. The number of hydrogen-bond acceptors (Lipinski definition) is 3. The van der Waals surface area contributed by atoms with Gasteiger partial charge in [0.2, 0.25) is 0 Å². The van der Waals surface area contributed by atoms with Crippen LogP contribution in [0.5, 0.6) is 0 Å². The molecule has 100 valence electrons. The predicted molar refractivity (Wildman–Crippen MR) is 69.1 cm³/mol. The molecule has 0 saturated heterocycles. The molecule has 4 nitrogen and oxygen atoms in total. The Labute approximate surface area is 111 Å². The minimum atomic E-state index is -0.854. The molecule has 0 aliphatic heterocycles. The maximum atomic E-state index is 11.2. The molecule has 1 aromatic rings. The summed E-state index contributed by atoms with van der Waals surface area (Å²) in [6.07, 6.45) is 0.431. The lowest BCUT2D eigenvalue weighted by Gasteiger charge is -2.13. The first-order valence-electron chi connectivity index (χ1n) is 5.70. The van der Waals surface area contributed by atoms with Gasteiger partial charge in [-0.15, -0.1) is 0 Å². The standard InChI is InChI=1S/C13H17ClO4/c1-17-8-9-18-7-6-12(13(15)16)10-2-4-11(14)5-3-10/h2-5,12H,6-9H2,1H3,(H,15,16). The van der Waals surface area contributed by atoms with Gasteiger partial charge in [-0.1, -0.05) is 23.7 Å². The fourth-order valence-corrected chi connectivity index (χ4v) is 1.70. The van der Waals surface area contributed by atoms with Crippen LogP contribution in [0.25, 0.3) is 0 Å². The summed E-state index contributed by atoms with van der Waals surface area (Å²) in [5.74, 6) is -1.42. The highest BCUT2D eigenvalue weighted by molar-refractivity contribution is 6.30. The number of ether oxygens (including phenoxy) is 2. The largest absolute Gasteiger partial charge is 0.481 e. The lowest BCUT2D eigenvalue weighted by molar-refractivity contribution is -0.139. The highest BCUT2D eigenvalue weighted by Gasteiger charge is 2.19. The second-order valence-corrected chi connectivity index (χ2v) is 4.27. The molecule has 0 aliphatic carbocycles. The first-order chi connectivity index (χ1) is 8.65. The molecule has 0 saturated carbocycles. The molecular formula is C13H17ClO4. The van der Waals surface area contributed by atoms with Gasteiger partial charge in [0, 0.05) is 18.7 Å². The average molecular weight is 273 g/mol. The van der Waals surface area contributed by atoms with Crippen LogP contribution in [0.4, 0.5) is 0 Å². The van der Waals surface area contributed by atoms with Gasteiger partial charge in [0.05, 0.1) is 19.1 Å². The van der Waals surface area contributed by atoms with Crippen LogP contribution in [-0.4, -0.2) is 38.0 Å². The van der Waals surface area contributed by atoms with E-state index in [9.17, 15) is 9.90 Å². The van der Waals surface area contributed by atoms with Crippen molar-refractivity contribution in [2.45, 2.75) is 12.3 Å². The molecule has 5 heteroatoms. The summed E-state index contributed by atoms with van der Waals surface area (Å²) in [5, 5.41) is 9.78. The molecule has 0 heterocycles. The Morgan fingerprint density at radius 1 is 1.28 bits per heavy atom. The Morgan fingerprint density at radius 3 is 2.50 bits per heavy atom. The number of methoxy groups -OCH3 is 1. The van der Waals surface area contributed by atoms with E-state index in [0.29, 0.717) is 31.3 Å². The molecule has 0 bridgehead atoms. The van der Waals surface area contributed by atoms with Crippen molar-refractivity contribution in [3.05, 3.63) is 34.9 Å². The van der Waals surface area contributed by atoms with Crippen LogP contribution >= 0.6 is 11.6 Å². The molecule has 1 N–H and O–H groups in total. The Morgan fingerprint density at radius 2 is 1.94 bits per heavy atom. The summed E-state index contributed by atoms with van der Waals surface area (Å²) in [6.45, 7) is 1.38. The molecule has 1 atom stereocenters. The summed E-state index contributed by atoms with van der Waals surface area (Å²) >= 11 is 5.77. The quantitative estimate of drug-likeness (QED) is 0.739. The number of carboxylic acid groups (broad SMARTS) is 1. The first-order valence-corrected chi connectivity index (χ1v) is 6.08. The fourth-order valence-electron chi connectivity index (χ4n) is 1.57. The van der Waals surface area contributed by atoms with Crippen LogP contribution in [0.3, 0.4) is 0 Å². The van der Waals surface area contributed by atoms with Crippen LogP contribution in [-0.2, 0) is 14.3 Å². The van der Waals surface area contributed by atoms with Crippen molar-refractivity contribution in [2.75, 3.05) is 26.9 Å². The van der Waals surface area contributed by atoms with E-state index in [1.54, 1.807) is 31.4 Å². The van der Waals surface area contributed by atoms with Gasteiger partial charge in [-0.3, -0.25) is 4.79 Å². The summed E-state index contributed by atoms with van der Waals surface area (Å²) in [4.78, 5) is 11.2. The molecule has 0 radical (unpaired) electrons. The van der Waals surface area contributed by atoms with Crippen molar-refractivity contribution in [3.8, 4) is 0 Å². The van der Waals surface area contributed by atoms with Crippen molar-refractivity contribution in [2.24, 2.45) is 0 Å². The molecule has 0 amide bonds. The zero-order chi connectivity index (χ0) is 13.4. The average Bonchev–Trinajstić information content (AvgIpc) is 2.35. The van der Waals surface area contributed by atoms with E-state index >= 15 is 0 Å². The smallest absolute Gasteiger partial charge is 0.311 e. The number of carbonyl (C=O) groups is 1. The second kappa shape index (κ2) is 8.08. The minimum Gasteiger partial charge on any atom is -0.481 e. The van der Waals surface area contributed by atoms with Crippen LogP contribution in [0.1, 0.15) is 17.9 Å². The highest BCUT2D eigenvalue weighted by atomic mass is 35.5. The zero-order valence-corrected chi connectivity index (χ0v) is 11.0. The zero-order valence-electron chi connectivity index (χ0n) is 10.3. The minimum absolute atomic E-state index is 0.392. The maximum absolute atomic E-state index is 11.2. The number of rotatable bonds is 8. The van der Waals surface area contributed by atoms with Crippen LogP contribution in [0.2, 0.25) is 5.02 Å². The molecule has 0 aliphatic rings. The molecule has 1 rings (SSSR count). The number of aliphatic carboxylic acids is 1. The van der Waals surface area contributed by atoms with Crippen molar-refractivity contribution in [1.82, 2.24) is 0 Å². The van der Waals surface area contributed by atoms with E-state index in [-0.39, 0.29) is 0 Å². The maximum Gasteiger partial charge on any atom is 0.311 e. The van der Waals surface area contributed by atoms with Crippen molar-refractivity contribution < 1.29 is 19.4 Å². The lowest BCUT2D eigenvalue weighted by Crippen LogP contribution is -2.15. The molecule has 0 aromatic heterocycles. The number of hydrogen-bond donors (Lipinski definition) is 1. The number of halogens is 1. The van der Waals surface area contributed by atoms with Gasteiger partial charge in [0.1, 0.15) is 0 Å². The van der Waals surface area contributed by atoms with E-state index < -0.39 is 11.9 Å². The van der Waals surface area contributed by atoms with E-state index in [2.05, 4.69) is 0 Å². The Bertz CT molecular complexity index is 364.